The number of aromatic nitrogens is 2. The maximum Gasteiger partial charge on any atom is 0.274 e. The minimum absolute atomic E-state index is 0.0960. The van der Waals surface area contributed by atoms with Crippen LogP contribution in [0.5, 0.6) is 0 Å². The Labute approximate surface area is 166 Å². The number of nitrogens with one attached hydrogen (secondary N) is 1. The van der Waals surface area contributed by atoms with Crippen LogP contribution in [0.15, 0.2) is 0 Å². The Kier molecular flexibility index (Phi) is 5.81. The summed E-state index contributed by atoms with van der Waals surface area (Å²) in [5, 5.41) is 19.0. The van der Waals surface area contributed by atoms with Gasteiger partial charge in [0.1, 0.15) is 0 Å². The number of aliphatic hydroxyl groups is 1. The molecule has 1 unspecified atom stereocenters. The average Bonchev–Trinajstić information content (AvgIpc) is 3.03. The van der Waals surface area contributed by atoms with Gasteiger partial charge in [0.2, 0.25) is 0 Å². The van der Waals surface area contributed by atoms with Crippen molar-refractivity contribution in [2.24, 2.45) is 7.05 Å². The highest BCUT2D eigenvalue weighted by Crippen LogP contribution is 2.29. The highest BCUT2D eigenvalue weighted by molar-refractivity contribution is 7.99. The molecule has 2 fully saturated rings. The van der Waals surface area contributed by atoms with Crippen molar-refractivity contribution in [1.82, 2.24) is 20.0 Å². The first-order valence-electron chi connectivity index (χ1n) is 10.4. The Morgan fingerprint density at radius 3 is 2.78 bits per heavy atom. The molecule has 0 aromatic carbocycles. The van der Waals surface area contributed by atoms with Gasteiger partial charge in [-0.25, -0.2) is 0 Å². The first-order chi connectivity index (χ1) is 13.1. The van der Waals surface area contributed by atoms with Crippen molar-refractivity contribution in [3.8, 4) is 0 Å². The molecule has 27 heavy (non-hydrogen) atoms. The van der Waals surface area contributed by atoms with Crippen LogP contribution in [0.4, 0.5) is 0 Å². The Morgan fingerprint density at radius 2 is 2.04 bits per heavy atom. The minimum atomic E-state index is -0.544. The van der Waals surface area contributed by atoms with Crippen LogP contribution in [0.1, 0.15) is 60.3 Å². The van der Waals surface area contributed by atoms with Crippen molar-refractivity contribution in [3.05, 3.63) is 17.0 Å². The number of aryl methyl sites for hydroxylation is 1. The zero-order valence-electron chi connectivity index (χ0n) is 16.4. The largest absolute Gasteiger partial charge is 0.389 e. The lowest BCUT2D eigenvalue weighted by Gasteiger charge is -2.35. The van der Waals surface area contributed by atoms with Gasteiger partial charge in [-0.2, -0.15) is 16.9 Å². The van der Waals surface area contributed by atoms with E-state index in [0.29, 0.717) is 18.3 Å². The van der Waals surface area contributed by atoms with Crippen LogP contribution in [0.25, 0.3) is 0 Å². The molecule has 6 nitrogen and oxygen atoms in total. The fraction of sp³-hybridized carbons (Fsp3) is 0.800. The molecule has 1 aliphatic heterocycles. The summed E-state index contributed by atoms with van der Waals surface area (Å²) in [6, 6.07) is 0.316. The summed E-state index contributed by atoms with van der Waals surface area (Å²) in [6.07, 6.45) is 8.12. The predicted molar refractivity (Wildman–Crippen MR) is 108 cm³/mol. The van der Waals surface area contributed by atoms with Crippen LogP contribution in [0, 0.1) is 0 Å². The number of hydrogen-bond acceptors (Lipinski definition) is 5. The molecule has 7 heteroatoms. The van der Waals surface area contributed by atoms with E-state index in [-0.39, 0.29) is 5.91 Å². The summed E-state index contributed by atoms with van der Waals surface area (Å²) in [7, 11) is 1.96. The minimum Gasteiger partial charge on any atom is -0.389 e. The van der Waals surface area contributed by atoms with Gasteiger partial charge in [0, 0.05) is 55.5 Å². The van der Waals surface area contributed by atoms with Crippen LogP contribution in [0.2, 0.25) is 0 Å². The molecule has 0 spiro atoms. The number of rotatable bonds is 4. The van der Waals surface area contributed by atoms with E-state index in [1.807, 2.05) is 28.4 Å². The molecule has 0 bridgehead atoms. The van der Waals surface area contributed by atoms with Crippen molar-refractivity contribution in [1.29, 1.82) is 0 Å². The van der Waals surface area contributed by atoms with E-state index in [1.165, 1.54) is 12.1 Å². The molecule has 1 aromatic heterocycles. The maximum absolute atomic E-state index is 13.0. The van der Waals surface area contributed by atoms with E-state index in [2.05, 4.69) is 10.4 Å². The average molecular weight is 393 g/mol. The number of amides is 1. The van der Waals surface area contributed by atoms with Crippen LogP contribution >= 0.6 is 11.8 Å². The van der Waals surface area contributed by atoms with Crippen molar-refractivity contribution in [2.75, 3.05) is 31.1 Å². The van der Waals surface area contributed by atoms with Crippen molar-refractivity contribution in [2.45, 2.75) is 63.0 Å². The van der Waals surface area contributed by atoms with E-state index < -0.39 is 5.60 Å². The Bertz CT molecular complexity index is 678. The molecule has 1 atom stereocenters. The molecule has 4 rings (SSSR count). The molecule has 2 N–H and O–H groups in total. The molecular weight excluding hydrogens is 360 g/mol. The molecule has 1 saturated heterocycles. The molecule has 2 heterocycles. The van der Waals surface area contributed by atoms with Gasteiger partial charge in [0.05, 0.1) is 5.60 Å². The van der Waals surface area contributed by atoms with E-state index in [0.717, 1.165) is 75.1 Å². The third-order valence-electron chi connectivity index (χ3n) is 6.46. The third kappa shape index (κ3) is 4.20. The predicted octanol–water partition coefficient (Wildman–Crippen LogP) is 1.75. The quantitative estimate of drug-likeness (QED) is 0.817. The SMILES string of the molecule is Cn1nc(C(=O)N2CCSCC2)c2c1CCC(NCC1(O)CCCCC1)C2. The summed E-state index contributed by atoms with van der Waals surface area (Å²) in [5.74, 6) is 2.13. The van der Waals surface area contributed by atoms with Crippen LogP contribution in [-0.4, -0.2) is 68.5 Å². The van der Waals surface area contributed by atoms with Crippen molar-refractivity contribution in [3.63, 3.8) is 0 Å². The molecule has 2 aliphatic carbocycles. The molecule has 1 amide bonds. The summed E-state index contributed by atoms with van der Waals surface area (Å²) in [4.78, 5) is 15.0. The van der Waals surface area contributed by atoms with Gasteiger partial charge >= 0.3 is 0 Å². The molecule has 1 aromatic rings. The first-order valence-corrected chi connectivity index (χ1v) is 11.6. The molecular formula is C20H32N4O2S. The first kappa shape index (κ1) is 19.3. The number of hydrogen-bond donors (Lipinski definition) is 2. The zero-order chi connectivity index (χ0) is 18.9. The number of carbonyl (C=O) groups excluding carboxylic acids is 1. The van der Waals surface area contributed by atoms with Crippen molar-refractivity contribution < 1.29 is 9.90 Å². The summed E-state index contributed by atoms with van der Waals surface area (Å²) >= 11 is 1.91. The highest BCUT2D eigenvalue weighted by atomic mass is 32.2. The third-order valence-corrected chi connectivity index (χ3v) is 7.40. The lowest BCUT2D eigenvalue weighted by Crippen LogP contribution is -2.47. The summed E-state index contributed by atoms with van der Waals surface area (Å²) in [6.45, 7) is 2.31. The standard InChI is InChI=1S/C20H32N4O2S/c1-23-17-6-5-15(21-14-20(26)7-3-2-4-8-20)13-16(17)18(22-23)19(25)24-9-11-27-12-10-24/h15,21,26H,2-14H2,1H3. The normalized spacial score (nSPS) is 25.3. The van der Waals surface area contributed by atoms with Crippen LogP contribution in [-0.2, 0) is 19.9 Å². The second kappa shape index (κ2) is 8.13. The zero-order valence-corrected chi connectivity index (χ0v) is 17.2. The van der Waals surface area contributed by atoms with E-state index in [4.69, 9.17) is 0 Å². The number of thioether (sulfide) groups is 1. The van der Waals surface area contributed by atoms with Crippen LogP contribution in [0.3, 0.4) is 0 Å². The van der Waals surface area contributed by atoms with E-state index >= 15 is 0 Å². The maximum atomic E-state index is 13.0. The molecule has 1 saturated carbocycles. The van der Waals surface area contributed by atoms with Crippen LogP contribution < -0.4 is 5.32 Å². The van der Waals surface area contributed by atoms with Gasteiger partial charge in [0.25, 0.3) is 5.91 Å². The Hall–Kier alpha value is -1.05. The summed E-state index contributed by atoms with van der Waals surface area (Å²) in [5.41, 5.74) is 2.44. The van der Waals surface area contributed by atoms with Gasteiger partial charge < -0.3 is 15.3 Å². The van der Waals surface area contributed by atoms with Gasteiger partial charge in [-0.3, -0.25) is 9.48 Å². The number of nitrogens with zero attached hydrogens (tertiary/aromatic N) is 3. The lowest BCUT2D eigenvalue weighted by atomic mass is 9.84. The monoisotopic (exact) mass is 392 g/mol. The topological polar surface area (TPSA) is 70.4 Å². The number of carbonyl (C=O) groups is 1. The van der Waals surface area contributed by atoms with Gasteiger partial charge in [-0.1, -0.05) is 19.3 Å². The van der Waals surface area contributed by atoms with E-state index in [9.17, 15) is 9.90 Å². The van der Waals surface area contributed by atoms with Crippen molar-refractivity contribution >= 4 is 17.7 Å². The smallest absolute Gasteiger partial charge is 0.274 e. The second-order valence-electron chi connectivity index (χ2n) is 8.41. The summed E-state index contributed by atoms with van der Waals surface area (Å²) < 4.78 is 1.91. The fourth-order valence-corrected chi connectivity index (χ4v) is 5.68. The fourth-order valence-electron chi connectivity index (χ4n) is 4.77. The molecule has 3 aliphatic rings. The van der Waals surface area contributed by atoms with E-state index in [1.54, 1.807) is 0 Å². The lowest BCUT2D eigenvalue weighted by molar-refractivity contribution is 0.00227. The van der Waals surface area contributed by atoms with Gasteiger partial charge in [-0.15, -0.1) is 0 Å². The molecule has 0 radical (unpaired) electrons. The Morgan fingerprint density at radius 1 is 1.30 bits per heavy atom. The molecule has 150 valence electrons. The van der Waals surface area contributed by atoms with Gasteiger partial charge in [0.15, 0.2) is 5.69 Å². The Balaban J connectivity index is 1.44. The van der Waals surface area contributed by atoms with Gasteiger partial charge in [-0.05, 0) is 32.1 Å². The highest BCUT2D eigenvalue weighted by Gasteiger charge is 2.33. The second-order valence-corrected chi connectivity index (χ2v) is 9.63. The number of fused-ring (bicyclic) bond motifs is 1.